The van der Waals surface area contributed by atoms with E-state index in [0.717, 1.165) is 10.9 Å². The molecule has 32 heavy (non-hydrogen) atoms. The standard InChI is InChI=1S/C22H14Cl3N5O2/c1-11-8-17(28-20-13(11)4-3-5-16(20)32-2)30-21(12(9-26)10-27-30)29-22(31)18-14(23)6-7-15(24)19(18)25/h3-8,10H,1-2H3,(H,29,31). The minimum atomic E-state index is -0.643. The molecule has 0 aliphatic carbocycles. The summed E-state index contributed by atoms with van der Waals surface area (Å²) in [6.45, 7) is 1.92. The van der Waals surface area contributed by atoms with Gasteiger partial charge in [-0.3, -0.25) is 4.79 Å². The molecule has 0 radical (unpaired) electrons. The van der Waals surface area contributed by atoms with E-state index in [1.165, 1.54) is 23.0 Å². The van der Waals surface area contributed by atoms with E-state index in [9.17, 15) is 10.1 Å². The average molecular weight is 487 g/mol. The first kappa shape index (κ1) is 21.9. The maximum Gasteiger partial charge on any atom is 0.259 e. The van der Waals surface area contributed by atoms with Gasteiger partial charge in [-0.15, -0.1) is 0 Å². The van der Waals surface area contributed by atoms with Crippen LogP contribution in [0.25, 0.3) is 16.7 Å². The molecular formula is C22H14Cl3N5O2. The Balaban J connectivity index is 1.85. The molecule has 0 unspecified atom stereocenters. The van der Waals surface area contributed by atoms with Crippen LogP contribution in [0.5, 0.6) is 5.75 Å². The number of methoxy groups -OCH3 is 1. The lowest BCUT2D eigenvalue weighted by Crippen LogP contribution is -2.17. The highest BCUT2D eigenvalue weighted by Gasteiger charge is 2.22. The number of nitriles is 1. The summed E-state index contributed by atoms with van der Waals surface area (Å²) in [5.74, 6) is 0.448. The Morgan fingerprint density at radius 3 is 2.66 bits per heavy atom. The van der Waals surface area contributed by atoms with Gasteiger partial charge in [-0.05, 0) is 36.8 Å². The number of hydrogen-bond acceptors (Lipinski definition) is 5. The third kappa shape index (κ3) is 3.73. The van der Waals surface area contributed by atoms with E-state index in [-0.39, 0.29) is 32.0 Å². The molecule has 160 valence electrons. The Morgan fingerprint density at radius 1 is 1.19 bits per heavy atom. The summed E-state index contributed by atoms with van der Waals surface area (Å²) in [6.07, 6.45) is 1.33. The van der Waals surface area contributed by atoms with Crippen molar-refractivity contribution in [3.63, 3.8) is 0 Å². The number of benzene rings is 2. The topological polar surface area (TPSA) is 92.8 Å². The number of ether oxygens (including phenoxy) is 1. The van der Waals surface area contributed by atoms with Crippen LogP contribution < -0.4 is 10.1 Å². The number of carbonyl (C=O) groups is 1. The average Bonchev–Trinajstić information content (AvgIpc) is 3.18. The van der Waals surface area contributed by atoms with Crippen LogP contribution in [0.1, 0.15) is 21.5 Å². The van der Waals surface area contributed by atoms with Crippen LogP contribution >= 0.6 is 34.8 Å². The van der Waals surface area contributed by atoms with Gasteiger partial charge in [-0.2, -0.15) is 15.0 Å². The first-order chi connectivity index (χ1) is 15.3. The second-order valence-corrected chi connectivity index (χ2v) is 7.95. The van der Waals surface area contributed by atoms with Gasteiger partial charge in [0.25, 0.3) is 5.91 Å². The quantitative estimate of drug-likeness (QED) is 0.367. The Labute approximate surface area is 198 Å². The molecule has 2 aromatic heterocycles. The minimum Gasteiger partial charge on any atom is -0.494 e. The second-order valence-electron chi connectivity index (χ2n) is 6.76. The maximum absolute atomic E-state index is 13.0. The molecule has 0 atom stereocenters. The van der Waals surface area contributed by atoms with E-state index in [2.05, 4.69) is 15.4 Å². The van der Waals surface area contributed by atoms with Crippen molar-refractivity contribution in [3.05, 3.63) is 74.4 Å². The molecule has 7 nitrogen and oxygen atoms in total. The summed E-state index contributed by atoms with van der Waals surface area (Å²) < 4.78 is 6.80. The first-order valence-electron chi connectivity index (χ1n) is 9.23. The number of carbonyl (C=O) groups excluding carboxylic acids is 1. The maximum atomic E-state index is 13.0. The minimum absolute atomic E-state index is 0.00523. The fraction of sp³-hybridized carbons (Fsp3) is 0.0909. The van der Waals surface area contributed by atoms with Crippen molar-refractivity contribution >= 4 is 57.4 Å². The molecule has 4 rings (SSSR count). The molecule has 0 bridgehead atoms. The summed E-state index contributed by atoms with van der Waals surface area (Å²) in [4.78, 5) is 17.7. The predicted molar refractivity (Wildman–Crippen MR) is 124 cm³/mol. The normalized spacial score (nSPS) is 10.8. The van der Waals surface area contributed by atoms with Crippen molar-refractivity contribution in [1.29, 1.82) is 5.26 Å². The van der Waals surface area contributed by atoms with E-state index >= 15 is 0 Å². The Hall–Kier alpha value is -3.31. The summed E-state index contributed by atoms with van der Waals surface area (Å²) in [5.41, 5.74) is 1.65. The fourth-order valence-corrected chi connectivity index (χ4v) is 3.98. The number of nitrogens with zero attached hydrogens (tertiary/aromatic N) is 4. The Morgan fingerprint density at radius 2 is 1.94 bits per heavy atom. The zero-order chi connectivity index (χ0) is 23.0. The van der Waals surface area contributed by atoms with Gasteiger partial charge in [0.1, 0.15) is 22.9 Å². The van der Waals surface area contributed by atoms with Gasteiger partial charge in [0.05, 0.1) is 33.9 Å². The van der Waals surface area contributed by atoms with Crippen LogP contribution in [-0.2, 0) is 0 Å². The number of nitrogens with one attached hydrogen (secondary N) is 1. The molecule has 1 N–H and O–H groups in total. The van der Waals surface area contributed by atoms with Crippen molar-refractivity contribution in [1.82, 2.24) is 14.8 Å². The lowest BCUT2D eigenvalue weighted by molar-refractivity contribution is 0.102. The molecular weight excluding hydrogens is 473 g/mol. The van der Waals surface area contributed by atoms with Gasteiger partial charge >= 0.3 is 0 Å². The SMILES string of the molecule is COc1cccc2c(C)cc(-n3ncc(C#N)c3NC(=O)c3c(Cl)ccc(Cl)c3Cl)nc12. The van der Waals surface area contributed by atoms with E-state index in [4.69, 9.17) is 39.5 Å². The molecule has 1 amide bonds. The van der Waals surface area contributed by atoms with Gasteiger partial charge in [-0.1, -0.05) is 46.9 Å². The van der Waals surface area contributed by atoms with Gasteiger partial charge in [0.15, 0.2) is 11.6 Å². The number of hydrogen-bond donors (Lipinski definition) is 1. The predicted octanol–water partition coefficient (Wildman–Crippen LogP) is 5.82. The third-order valence-electron chi connectivity index (χ3n) is 4.83. The van der Waals surface area contributed by atoms with E-state index < -0.39 is 5.91 Å². The molecule has 0 fully saturated rings. The van der Waals surface area contributed by atoms with Crippen molar-refractivity contribution in [2.75, 3.05) is 12.4 Å². The Bertz CT molecular complexity index is 1430. The smallest absolute Gasteiger partial charge is 0.259 e. The van der Waals surface area contributed by atoms with Gasteiger partial charge in [-0.25, -0.2) is 4.98 Å². The molecule has 0 saturated carbocycles. The summed E-state index contributed by atoms with van der Waals surface area (Å²) in [5, 5.41) is 17.7. The molecule has 0 aliphatic heterocycles. The number of halogens is 3. The third-order valence-corrected chi connectivity index (χ3v) is 5.94. The van der Waals surface area contributed by atoms with Crippen molar-refractivity contribution < 1.29 is 9.53 Å². The first-order valence-corrected chi connectivity index (χ1v) is 10.4. The number of aromatic nitrogens is 3. The van der Waals surface area contributed by atoms with Crippen molar-refractivity contribution in [2.45, 2.75) is 6.92 Å². The number of rotatable bonds is 4. The van der Waals surface area contributed by atoms with Crippen LogP contribution in [0.15, 0.2) is 42.6 Å². The van der Waals surface area contributed by atoms with Gasteiger partial charge < -0.3 is 10.1 Å². The largest absolute Gasteiger partial charge is 0.494 e. The molecule has 0 spiro atoms. The molecule has 10 heteroatoms. The summed E-state index contributed by atoms with van der Waals surface area (Å²) >= 11 is 18.4. The van der Waals surface area contributed by atoms with Gasteiger partial charge in [0.2, 0.25) is 0 Å². The summed E-state index contributed by atoms with van der Waals surface area (Å²) in [6, 6.07) is 12.4. The zero-order valence-corrected chi connectivity index (χ0v) is 19.0. The van der Waals surface area contributed by atoms with Crippen LogP contribution in [0.2, 0.25) is 15.1 Å². The number of anilines is 1. The van der Waals surface area contributed by atoms with Crippen molar-refractivity contribution in [2.24, 2.45) is 0 Å². The van der Waals surface area contributed by atoms with Crippen molar-refractivity contribution in [3.8, 4) is 17.6 Å². The number of para-hydroxylation sites is 1. The van der Waals surface area contributed by atoms with E-state index in [0.29, 0.717) is 17.1 Å². The number of amides is 1. The number of pyridine rings is 1. The highest BCUT2D eigenvalue weighted by molar-refractivity contribution is 6.46. The van der Waals surface area contributed by atoms with Gasteiger partial charge in [0, 0.05) is 5.39 Å². The molecule has 2 heterocycles. The van der Waals surface area contributed by atoms with Crippen LogP contribution in [0.4, 0.5) is 5.82 Å². The molecule has 2 aromatic carbocycles. The molecule has 0 aliphatic rings. The lowest BCUT2D eigenvalue weighted by Gasteiger charge is -2.13. The fourth-order valence-electron chi connectivity index (χ4n) is 3.28. The highest BCUT2D eigenvalue weighted by atomic mass is 35.5. The number of fused-ring (bicyclic) bond motifs is 1. The zero-order valence-electron chi connectivity index (χ0n) is 16.8. The highest BCUT2D eigenvalue weighted by Crippen LogP contribution is 2.33. The summed E-state index contributed by atoms with van der Waals surface area (Å²) in [7, 11) is 1.56. The molecule has 4 aromatic rings. The van der Waals surface area contributed by atoms with Crippen LogP contribution in [0.3, 0.4) is 0 Å². The molecule has 0 saturated heterocycles. The second kappa shape index (κ2) is 8.67. The van der Waals surface area contributed by atoms with E-state index in [1.54, 1.807) is 19.2 Å². The van der Waals surface area contributed by atoms with E-state index in [1.807, 2.05) is 25.1 Å². The Kier molecular flexibility index (Phi) is 5.94. The number of aryl methyl sites for hydroxylation is 1. The lowest BCUT2D eigenvalue weighted by atomic mass is 10.1. The monoisotopic (exact) mass is 485 g/mol. The van der Waals surface area contributed by atoms with Crippen LogP contribution in [0, 0.1) is 18.3 Å². The van der Waals surface area contributed by atoms with Crippen LogP contribution in [-0.4, -0.2) is 27.8 Å².